The average Bonchev–Trinajstić information content (AvgIpc) is 2.89. The third-order valence-corrected chi connectivity index (χ3v) is 2.86. The fraction of sp³-hybridized carbons (Fsp3) is 0.154. The number of aromatic carboxylic acids is 1. The highest BCUT2D eigenvalue weighted by Crippen LogP contribution is 2.26. The highest BCUT2D eigenvalue weighted by atomic mass is 16.5. The molecule has 1 aromatic carbocycles. The second-order valence-electron chi connectivity index (χ2n) is 4.30. The summed E-state index contributed by atoms with van der Waals surface area (Å²) in [6.45, 7) is 0.0220. The van der Waals surface area contributed by atoms with Crippen LogP contribution in [0.25, 0.3) is 10.9 Å². The van der Waals surface area contributed by atoms with Crippen LogP contribution >= 0.6 is 0 Å². The lowest BCUT2D eigenvalue weighted by atomic mass is 10.1. The van der Waals surface area contributed by atoms with Gasteiger partial charge in [0.25, 0.3) is 0 Å². The normalized spacial score (nSPS) is 10.7. The third kappa shape index (κ3) is 2.50. The van der Waals surface area contributed by atoms with Gasteiger partial charge in [0.1, 0.15) is 5.56 Å². The number of aryl methyl sites for hydroxylation is 1. The van der Waals surface area contributed by atoms with Crippen molar-refractivity contribution in [2.75, 3.05) is 0 Å². The standard InChI is InChI=1S/C13H11N5O3/c1-18-16-11(15-17-18)7-21-10-6-14-9-5-3-2-4-8(9)12(10)13(19)20/h2-6H,7H2,1H3,(H,19,20). The van der Waals surface area contributed by atoms with Crippen LogP contribution in [0.5, 0.6) is 5.75 Å². The van der Waals surface area contributed by atoms with Gasteiger partial charge in [-0.2, -0.15) is 4.80 Å². The van der Waals surface area contributed by atoms with Crippen LogP contribution in [-0.2, 0) is 13.7 Å². The van der Waals surface area contributed by atoms with Crippen molar-refractivity contribution in [1.29, 1.82) is 0 Å². The second kappa shape index (κ2) is 5.16. The number of hydrogen-bond donors (Lipinski definition) is 1. The predicted molar refractivity (Wildman–Crippen MR) is 71.8 cm³/mol. The van der Waals surface area contributed by atoms with Crippen LogP contribution in [0.4, 0.5) is 0 Å². The lowest BCUT2D eigenvalue weighted by Crippen LogP contribution is -2.06. The molecule has 0 amide bonds. The number of carboxylic acids is 1. The van der Waals surface area contributed by atoms with Crippen LogP contribution in [0.3, 0.4) is 0 Å². The largest absolute Gasteiger partial charge is 0.483 e. The Kier molecular flexibility index (Phi) is 3.19. The molecule has 0 saturated carbocycles. The average molecular weight is 285 g/mol. The van der Waals surface area contributed by atoms with Crippen molar-refractivity contribution in [2.45, 2.75) is 6.61 Å². The van der Waals surface area contributed by atoms with Crippen LogP contribution in [0, 0.1) is 0 Å². The maximum atomic E-state index is 11.5. The Labute approximate surface area is 119 Å². The van der Waals surface area contributed by atoms with E-state index in [1.54, 1.807) is 31.3 Å². The fourth-order valence-electron chi connectivity index (χ4n) is 1.98. The number of rotatable bonds is 4. The molecule has 0 radical (unpaired) electrons. The number of nitrogens with zero attached hydrogens (tertiary/aromatic N) is 5. The third-order valence-electron chi connectivity index (χ3n) is 2.86. The van der Waals surface area contributed by atoms with Crippen molar-refractivity contribution in [3.8, 4) is 5.75 Å². The van der Waals surface area contributed by atoms with E-state index in [4.69, 9.17) is 4.74 Å². The van der Waals surface area contributed by atoms with Gasteiger partial charge in [-0.05, 0) is 11.3 Å². The van der Waals surface area contributed by atoms with Gasteiger partial charge < -0.3 is 9.84 Å². The zero-order chi connectivity index (χ0) is 14.8. The first-order valence-corrected chi connectivity index (χ1v) is 6.12. The van der Waals surface area contributed by atoms with Crippen LogP contribution in [0.15, 0.2) is 30.5 Å². The predicted octanol–water partition coefficient (Wildman–Crippen LogP) is 1.04. The summed E-state index contributed by atoms with van der Waals surface area (Å²) in [5.41, 5.74) is 0.671. The maximum Gasteiger partial charge on any atom is 0.340 e. The van der Waals surface area contributed by atoms with Crippen molar-refractivity contribution in [1.82, 2.24) is 25.2 Å². The molecule has 0 atom stereocenters. The van der Waals surface area contributed by atoms with E-state index < -0.39 is 5.97 Å². The number of carboxylic acid groups (broad SMARTS) is 1. The number of tetrazole rings is 1. The van der Waals surface area contributed by atoms with E-state index in [2.05, 4.69) is 20.4 Å². The first-order valence-electron chi connectivity index (χ1n) is 6.12. The molecule has 2 heterocycles. The molecule has 0 spiro atoms. The van der Waals surface area contributed by atoms with Gasteiger partial charge >= 0.3 is 5.97 Å². The molecule has 21 heavy (non-hydrogen) atoms. The Morgan fingerprint density at radius 1 is 1.38 bits per heavy atom. The number of benzene rings is 1. The van der Waals surface area contributed by atoms with Gasteiger partial charge in [-0.15, -0.1) is 10.2 Å². The van der Waals surface area contributed by atoms with Crippen LogP contribution in [0.1, 0.15) is 16.2 Å². The van der Waals surface area contributed by atoms with Gasteiger partial charge in [0.2, 0.25) is 5.82 Å². The summed E-state index contributed by atoms with van der Waals surface area (Å²) in [5.74, 6) is -0.536. The van der Waals surface area contributed by atoms with Gasteiger partial charge in [-0.3, -0.25) is 4.98 Å². The topological polar surface area (TPSA) is 103 Å². The Hall–Kier alpha value is -3.03. The van der Waals surface area contributed by atoms with Gasteiger partial charge in [0.05, 0.1) is 18.8 Å². The summed E-state index contributed by atoms with van der Waals surface area (Å²) in [6, 6.07) is 6.99. The molecular formula is C13H11N5O3. The molecule has 0 fully saturated rings. The van der Waals surface area contributed by atoms with Gasteiger partial charge in [0, 0.05) is 5.39 Å². The Morgan fingerprint density at radius 3 is 2.90 bits per heavy atom. The van der Waals surface area contributed by atoms with E-state index in [0.29, 0.717) is 16.7 Å². The highest BCUT2D eigenvalue weighted by Gasteiger charge is 2.17. The highest BCUT2D eigenvalue weighted by molar-refractivity contribution is 6.04. The van der Waals surface area contributed by atoms with Crippen LogP contribution < -0.4 is 4.74 Å². The first kappa shape index (κ1) is 13.0. The molecule has 8 heteroatoms. The molecule has 0 aliphatic carbocycles. The van der Waals surface area contributed by atoms with E-state index in [1.807, 2.05) is 0 Å². The number of fused-ring (bicyclic) bond motifs is 1. The van der Waals surface area contributed by atoms with E-state index in [1.165, 1.54) is 11.0 Å². The van der Waals surface area contributed by atoms with Crippen molar-refractivity contribution >= 4 is 16.9 Å². The molecular weight excluding hydrogens is 274 g/mol. The van der Waals surface area contributed by atoms with E-state index in [-0.39, 0.29) is 17.9 Å². The molecule has 106 valence electrons. The maximum absolute atomic E-state index is 11.5. The zero-order valence-corrected chi connectivity index (χ0v) is 11.1. The van der Waals surface area contributed by atoms with Crippen molar-refractivity contribution < 1.29 is 14.6 Å². The summed E-state index contributed by atoms with van der Waals surface area (Å²) in [5, 5.41) is 21.4. The summed E-state index contributed by atoms with van der Waals surface area (Å²) in [7, 11) is 1.64. The number of aromatic nitrogens is 5. The monoisotopic (exact) mass is 285 g/mol. The van der Waals surface area contributed by atoms with Gasteiger partial charge in [0.15, 0.2) is 12.4 Å². The van der Waals surface area contributed by atoms with Crippen molar-refractivity contribution in [3.63, 3.8) is 0 Å². The lowest BCUT2D eigenvalue weighted by molar-refractivity contribution is 0.0693. The van der Waals surface area contributed by atoms with Gasteiger partial charge in [-0.1, -0.05) is 18.2 Å². The summed E-state index contributed by atoms with van der Waals surface area (Å²) >= 11 is 0. The molecule has 3 aromatic rings. The Balaban J connectivity index is 1.97. The quantitative estimate of drug-likeness (QED) is 0.763. The lowest BCUT2D eigenvalue weighted by Gasteiger charge is -2.09. The molecule has 1 N–H and O–H groups in total. The minimum Gasteiger partial charge on any atom is -0.483 e. The molecule has 3 rings (SSSR count). The number of pyridine rings is 1. The SMILES string of the molecule is Cn1nnc(COc2cnc3ccccc3c2C(=O)O)n1. The van der Waals surface area contributed by atoms with E-state index >= 15 is 0 Å². The number of hydrogen-bond acceptors (Lipinski definition) is 6. The Bertz CT molecular complexity index is 814. The van der Waals surface area contributed by atoms with E-state index in [9.17, 15) is 9.90 Å². The summed E-state index contributed by atoms with van der Waals surface area (Å²) in [6.07, 6.45) is 1.39. The molecule has 0 saturated heterocycles. The summed E-state index contributed by atoms with van der Waals surface area (Å²) < 4.78 is 5.48. The number of carbonyl (C=O) groups is 1. The molecule has 0 aliphatic heterocycles. The number of ether oxygens (including phenoxy) is 1. The minimum absolute atomic E-state index is 0.0220. The Morgan fingerprint density at radius 2 is 2.19 bits per heavy atom. The van der Waals surface area contributed by atoms with Crippen molar-refractivity contribution in [2.24, 2.45) is 7.05 Å². The fourth-order valence-corrected chi connectivity index (χ4v) is 1.98. The minimum atomic E-state index is -1.07. The molecule has 0 unspecified atom stereocenters. The van der Waals surface area contributed by atoms with Crippen molar-refractivity contribution in [3.05, 3.63) is 41.9 Å². The molecule has 2 aromatic heterocycles. The zero-order valence-electron chi connectivity index (χ0n) is 11.1. The van der Waals surface area contributed by atoms with Crippen LogP contribution in [0.2, 0.25) is 0 Å². The molecule has 8 nitrogen and oxygen atoms in total. The van der Waals surface area contributed by atoms with Gasteiger partial charge in [-0.25, -0.2) is 4.79 Å². The second-order valence-corrected chi connectivity index (χ2v) is 4.30. The first-order chi connectivity index (χ1) is 10.1. The smallest absolute Gasteiger partial charge is 0.340 e. The number of para-hydroxylation sites is 1. The van der Waals surface area contributed by atoms with E-state index in [0.717, 1.165) is 0 Å². The summed E-state index contributed by atoms with van der Waals surface area (Å²) in [4.78, 5) is 17.0. The molecule has 0 aliphatic rings. The molecule has 0 bridgehead atoms. The van der Waals surface area contributed by atoms with Crippen LogP contribution in [-0.4, -0.2) is 36.3 Å².